The molecule has 0 N–H and O–H groups in total. The Balaban J connectivity index is 1.77. The Morgan fingerprint density at radius 2 is 2.09 bits per heavy atom. The van der Waals surface area contributed by atoms with Crippen molar-refractivity contribution in [3.8, 4) is 0 Å². The van der Waals surface area contributed by atoms with Crippen molar-refractivity contribution in [2.75, 3.05) is 13.7 Å². The number of nitrogens with zero attached hydrogens (tertiary/aromatic N) is 3. The van der Waals surface area contributed by atoms with Gasteiger partial charge < -0.3 is 9.30 Å². The smallest absolute Gasteiger partial charge is 0.0945 e. The number of rotatable bonds is 5. The van der Waals surface area contributed by atoms with Crippen LogP contribution in [0.25, 0.3) is 0 Å². The van der Waals surface area contributed by atoms with E-state index in [1.807, 2.05) is 19.6 Å². The van der Waals surface area contributed by atoms with Gasteiger partial charge >= 0.3 is 0 Å². The van der Waals surface area contributed by atoms with Crippen LogP contribution in [0.15, 0.2) is 42.9 Å². The van der Waals surface area contributed by atoms with Crippen LogP contribution in [0.2, 0.25) is 0 Å². The van der Waals surface area contributed by atoms with Gasteiger partial charge in [0, 0.05) is 32.9 Å². The van der Waals surface area contributed by atoms with E-state index in [2.05, 4.69) is 51.8 Å². The molecule has 0 spiro atoms. The largest absolute Gasteiger partial charge is 0.380 e. The standard InChI is InChI=1S/C18H25N3O/c1-20-14-19-12-16(20)13-21-10-6-9-18(22-2)17(21)11-15-7-4-3-5-8-15/h3-5,7-8,12,14,17-18H,6,9-11,13H2,1-2H3/t17-,18-/m0/s1. The zero-order chi connectivity index (χ0) is 15.4. The summed E-state index contributed by atoms with van der Waals surface area (Å²) in [5.74, 6) is 0. The van der Waals surface area contributed by atoms with Crippen LogP contribution >= 0.6 is 0 Å². The Morgan fingerprint density at radius 3 is 2.77 bits per heavy atom. The van der Waals surface area contributed by atoms with Gasteiger partial charge in [-0.3, -0.25) is 4.90 Å². The molecule has 1 saturated heterocycles. The van der Waals surface area contributed by atoms with Crippen LogP contribution < -0.4 is 0 Å². The van der Waals surface area contributed by atoms with Crippen LogP contribution in [0.4, 0.5) is 0 Å². The molecule has 1 aliphatic rings. The molecule has 0 bridgehead atoms. The predicted molar refractivity (Wildman–Crippen MR) is 87.6 cm³/mol. The fourth-order valence-corrected chi connectivity index (χ4v) is 3.42. The molecule has 1 aromatic heterocycles. The van der Waals surface area contributed by atoms with Crippen LogP contribution in [-0.4, -0.2) is 40.3 Å². The highest BCUT2D eigenvalue weighted by molar-refractivity contribution is 5.17. The first-order valence-electron chi connectivity index (χ1n) is 8.04. The third-order valence-corrected chi connectivity index (χ3v) is 4.70. The first-order valence-corrected chi connectivity index (χ1v) is 8.04. The Morgan fingerprint density at radius 1 is 1.27 bits per heavy atom. The summed E-state index contributed by atoms with van der Waals surface area (Å²) >= 11 is 0. The lowest BCUT2D eigenvalue weighted by atomic mass is 9.92. The van der Waals surface area contributed by atoms with E-state index in [1.54, 1.807) is 0 Å². The maximum Gasteiger partial charge on any atom is 0.0945 e. The number of aromatic nitrogens is 2. The monoisotopic (exact) mass is 299 g/mol. The second-order valence-electron chi connectivity index (χ2n) is 6.14. The lowest BCUT2D eigenvalue weighted by molar-refractivity contribution is -0.0225. The van der Waals surface area contributed by atoms with E-state index in [1.165, 1.54) is 17.7 Å². The minimum Gasteiger partial charge on any atom is -0.380 e. The van der Waals surface area contributed by atoms with Crippen molar-refractivity contribution in [1.29, 1.82) is 0 Å². The van der Waals surface area contributed by atoms with Gasteiger partial charge in [-0.25, -0.2) is 4.98 Å². The van der Waals surface area contributed by atoms with Crippen molar-refractivity contribution in [3.63, 3.8) is 0 Å². The summed E-state index contributed by atoms with van der Waals surface area (Å²) in [5, 5.41) is 0. The third kappa shape index (κ3) is 3.39. The van der Waals surface area contributed by atoms with E-state index in [0.717, 1.165) is 25.9 Å². The van der Waals surface area contributed by atoms with Crippen molar-refractivity contribution in [2.24, 2.45) is 7.05 Å². The number of methoxy groups -OCH3 is 1. The van der Waals surface area contributed by atoms with Crippen molar-refractivity contribution < 1.29 is 4.74 Å². The maximum absolute atomic E-state index is 5.79. The van der Waals surface area contributed by atoms with E-state index in [0.29, 0.717) is 12.1 Å². The molecule has 0 saturated carbocycles. The highest BCUT2D eigenvalue weighted by Gasteiger charge is 2.31. The molecule has 2 aromatic rings. The van der Waals surface area contributed by atoms with E-state index in [9.17, 15) is 0 Å². The van der Waals surface area contributed by atoms with Crippen molar-refractivity contribution in [2.45, 2.75) is 38.0 Å². The topological polar surface area (TPSA) is 30.3 Å². The van der Waals surface area contributed by atoms with E-state index >= 15 is 0 Å². The van der Waals surface area contributed by atoms with Gasteiger partial charge in [-0.2, -0.15) is 0 Å². The summed E-state index contributed by atoms with van der Waals surface area (Å²) in [6.07, 6.45) is 7.53. The normalized spacial score (nSPS) is 22.8. The van der Waals surface area contributed by atoms with Crippen molar-refractivity contribution in [1.82, 2.24) is 14.5 Å². The van der Waals surface area contributed by atoms with Gasteiger partial charge in [0.15, 0.2) is 0 Å². The fourth-order valence-electron chi connectivity index (χ4n) is 3.42. The average molecular weight is 299 g/mol. The molecule has 3 rings (SSSR count). The molecule has 0 radical (unpaired) electrons. The minimum atomic E-state index is 0.308. The molecular formula is C18H25N3O. The number of hydrogen-bond acceptors (Lipinski definition) is 3. The lowest BCUT2D eigenvalue weighted by Gasteiger charge is -2.40. The molecule has 0 amide bonds. The van der Waals surface area contributed by atoms with Crippen LogP contribution in [0.3, 0.4) is 0 Å². The van der Waals surface area contributed by atoms with Crippen LogP contribution in [0.1, 0.15) is 24.1 Å². The summed E-state index contributed by atoms with van der Waals surface area (Å²) in [6, 6.07) is 11.2. The molecule has 2 atom stereocenters. The van der Waals surface area contributed by atoms with Gasteiger partial charge in [0.1, 0.15) is 0 Å². The summed E-state index contributed by atoms with van der Waals surface area (Å²) in [4.78, 5) is 6.80. The molecule has 1 fully saturated rings. The first-order chi connectivity index (χ1) is 10.8. The van der Waals surface area contributed by atoms with Crippen molar-refractivity contribution in [3.05, 3.63) is 54.1 Å². The fraction of sp³-hybridized carbons (Fsp3) is 0.500. The Bertz CT molecular complexity index is 581. The molecule has 1 aromatic carbocycles. The van der Waals surface area contributed by atoms with Crippen LogP contribution in [-0.2, 0) is 24.8 Å². The second kappa shape index (κ2) is 7.07. The molecule has 0 unspecified atom stereocenters. The SMILES string of the molecule is CO[C@H]1CCCN(Cc2cncn2C)[C@H]1Cc1ccccc1. The molecule has 22 heavy (non-hydrogen) atoms. The lowest BCUT2D eigenvalue weighted by Crippen LogP contribution is -2.49. The Labute approximate surface area is 132 Å². The van der Waals surface area contributed by atoms with E-state index in [-0.39, 0.29) is 0 Å². The summed E-state index contributed by atoms with van der Waals surface area (Å²) in [7, 11) is 3.91. The van der Waals surface area contributed by atoms with Crippen molar-refractivity contribution >= 4 is 0 Å². The van der Waals surface area contributed by atoms with Gasteiger partial charge in [-0.05, 0) is 31.4 Å². The number of piperidine rings is 1. The van der Waals surface area contributed by atoms with E-state index < -0.39 is 0 Å². The number of benzene rings is 1. The van der Waals surface area contributed by atoms with Gasteiger partial charge in [0.2, 0.25) is 0 Å². The van der Waals surface area contributed by atoms with Crippen LogP contribution in [0.5, 0.6) is 0 Å². The summed E-state index contributed by atoms with van der Waals surface area (Å²) in [6.45, 7) is 2.07. The highest BCUT2D eigenvalue weighted by atomic mass is 16.5. The molecule has 1 aliphatic heterocycles. The van der Waals surface area contributed by atoms with E-state index in [4.69, 9.17) is 4.74 Å². The zero-order valence-corrected chi connectivity index (χ0v) is 13.5. The minimum absolute atomic E-state index is 0.308. The maximum atomic E-state index is 5.79. The summed E-state index contributed by atoms with van der Waals surface area (Å²) in [5.41, 5.74) is 2.64. The van der Waals surface area contributed by atoms with Gasteiger partial charge in [-0.15, -0.1) is 0 Å². The third-order valence-electron chi connectivity index (χ3n) is 4.70. The highest BCUT2D eigenvalue weighted by Crippen LogP contribution is 2.25. The first kappa shape index (κ1) is 15.3. The number of aryl methyl sites for hydroxylation is 1. The zero-order valence-electron chi connectivity index (χ0n) is 13.5. The Kier molecular flexibility index (Phi) is 4.90. The molecule has 0 aliphatic carbocycles. The molecule has 4 nitrogen and oxygen atoms in total. The summed E-state index contributed by atoms with van der Waals surface area (Å²) < 4.78 is 7.90. The number of likely N-dealkylation sites (tertiary alicyclic amines) is 1. The number of imidazole rings is 1. The second-order valence-corrected chi connectivity index (χ2v) is 6.14. The van der Waals surface area contributed by atoms with Gasteiger partial charge in [0.05, 0.1) is 18.1 Å². The molecule has 4 heteroatoms. The van der Waals surface area contributed by atoms with Crippen LogP contribution in [0, 0.1) is 0 Å². The van der Waals surface area contributed by atoms with Gasteiger partial charge in [-0.1, -0.05) is 30.3 Å². The number of ether oxygens (including phenoxy) is 1. The molecule has 118 valence electrons. The predicted octanol–water partition coefficient (Wildman–Crippen LogP) is 2.64. The van der Waals surface area contributed by atoms with Gasteiger partial charge in [0.25, 0.3) is 0 Å². The Hall–Kier alpha value is -1.65. The molecule has 2 heterocycles. The number of hydrogen-bond donors (Lipinski definition) is 0. The quantitative estimate of drug-likeness (QED) is 0.850. The molecular weight excluding hydrogens is 274 g/mol. The average Bonchev–Trinajstić information content (AvgIpc) is 2.95.